The number of hydrogen-bond donors (Lipinski definition) is 1. The average Bonchev–Trinajstić information content (AvgIpc) is 3.40. The Bertz CT molecular complexity index is 1440. The summed E-state index contributed by atoms with van der Waals surface area (Å²) >= 11 is 0. The first kappa shape index (κ1) is 28.3. The Labute approximate surface area is 233 Å². The lowest BCUT2D eigenvalue weighted by Crippen LogP contribution is -2.45. The molecule has 0 fully saturated rings. The number of aromatic nitrogens is 3. The Hall–Kier alpha value is -4.70. The fourth-order valence-electron chi connectivity index (χ4n) is 4.29. The standard InChI is InChI=1S/C30H33N5O5/c1-20(2)34(30(37)28(40-5)22-14-15-24(38-3)25(17-22)39-4)19-27(36)32-29-23(21-11-7-6-8-12-21)18-35(33-29)26-13-9-10-16-31-26/h6-18,20,28H,19H2,1-5H3,(H,32,33,36). The van der Waals surface area contributed by atoms with E-state index in [1.165, 1.54) is 26.2 Å². The molecule has 2 aromatic heterocycles. The summed E-state index contributed by atoms with van der Waals surface area (Å²) in [6.45, 7) is 3.49. The van der Waals surface area contributed by atoms with Crippen LogP contribution in [0.4, 0.5) is 5.82 Å². The second-order valence-electron chi connectivity index (χ2n) is 9.23. The number of amides is 2. The number of hydrogen-bond acceptors (Lipinski definition) is 7. The second kappa shape index (κ2) is 12.9. The lowest BCUT2D eigenvalue weighted by molar-refractivity contribution is -0.146. The van der Waals surface area contributed by atoms with Crippen molar-refractivity contribution < 1.29 is 23.8 Å². The molecule has 0 aliphatic rings. The minimum atomic E-state index is -0.946. The summed E-state index contributed by atoms with van der Waals surface area (Å²) in [7, 11) is 4.52. The van der Waals surface area contributed by atoms with Crippen LogP contribution in [0.25, 0.3) is 16.9 Å². The van der Waals surface area contributed by atoms with Crippen molar-refractivity contribution in [3.8, 4) is 28.4 Å². The van der Waals surface area contributed by atoms with E-state index >= 15 is 0 Å². The quantitative estimate of drug-likeness (QED) is 0.296. The van der Waals surface area contributed by atoms with Gasteiger partial charge in [-0.25, -0.2) is 9.67 Å². The molecule has 4 aromatic rings. The van der Waals surface area contributed by atoms with Crippen LogP contribution in [0.2, 0.25) is 0 Å². The molecule has 208 valence electrons. The first-order chi connectivity index (χ1) is 19.4. The molecule has 0 aliphatic heterocycles. The number of methoxy groups -OCH3 is 3. The smallest absolute Gasteiger partial charge is 0.257 e. The zero-order valence-corrected chi connectivity index (χ0v) is 23.2. The van der Waals surface area contributed by atoms with E-state index in [9.17, 15) is 9.59 Å². The Morgan fingerprint density at radius 1 is 0.950 bits per heavy atom. The van der Waals surface area contributed by atoms with Gasteiger partial charge in [-0.2, -0.15) is 0 Å². The number of carbonyl (C=O) groups excluding carboxylic acids is 2. The van der Waals surface area contributed by atoms with Crippen molar-refractivity contribution in [2.75, 3.05) is 33.2 Å². The zero-order valence-electron chi connectivity index (χ0n) is 23.2. The van der Waals surface area contributed by atoms with Crippen molar-refractivity contribution in [2.45, 2.75) is 26.0 Å². The monoisotopic (exact) mass is 543 g/mol. The van der Waals surface area contributed by atoms with Gasteiger partial charge in [-0.3, -0.25) is 9.59 Å². The molecule has 0 bridgehead atoms. The largest absolute Gasteiger partial charge is 0.493 e. The van der Waals surface area contributed by atoms with Gasteiger partial charge in [0.2, 0.25) is 5.91 Å². The third kappa shape index (κ3) is 6.29. The van der Waals surface area contributed by atoms with Crippen LogP contribution in [0.15, 0.2) is 79.1 Å². The van der Waals surface area contributed by atoms with Crippen LogP contribution in [0.3, 0.4) is 0 Å². The maximum absolute atomic E-state index is 13.7. The number of rotatable bonds is 11. The molecule has 2 aromatic carbocycles. The summed E-state index contributed by atoms with van der Waals surface area (Å²) in [6.07, 6.45) is 2.54. The summed E-state index contributed by atoms with van der Waals surface area (Å²) in [5.41, 5.74) is 2.18. The number of pyridine rings is 1. The lowest BCUT2D eigenvalue weighted by atomic mass is 10.1. The van der Waals surface area contributed by atoms with Crippen LogP contribution >= 0.6 is 0 Å². The maximum atomic E-state index is 13.7. The first-order valence-electron chi connectivity index (χ1n) is 12.8. The molecular formula is C30H33N5O5. The Balaban J connectivity index is 1.58. The highest BCUT2D eigenvalue weighted by Crippen LogP contribution is 2.32. The fraction of sp³-hybridized carbons (Fsp3) is 0.267. The number of nitrogens with zero attached hydrogens (tertiary/aromatic N) is 4. The summed E-state index contributed by atoms with van der Waals surface area (Å²) in [6, 6.07) is 20.0. The predicted octanol–water partition coefficient (Wildman–Crippen LogP) is 4.51. The van der Waals surface area contributed by atoms with Gasteiger partial charge >= 0.3 is 0 Å². The predicted molar refractivity (Wildman–Crippen MR) is 152 cm³/mol. The highest BCUT2D eigenvalue weighted by molar-refractivity contribution is 5.97. The van der Waals surface area contributed by atoms with E-state index in [-0.39, 0.29) is 18.5 Å². The molecule has 4 rings (SSSR count). The molecule has 0 aliphatic carbocycles. The minimum Gasteiger partial charge on any atom is -0.493 e. The molecule has 40 heavy (non-hydrogen) atoms. The molecular weight excluding hydrogens is 510 g/mol. The Kier molecular flexibility index (Phi) is 9.13. The summed E-state index contributed by atoms with van der Waals surface area (Å²) in [5.74, 6) is 1.22. The third-order valence-corrected chi connectivity index (χ3v) is 6.33. The van der Waals surface area contributed by atoms with E-state index in [1.54, 1.807) is 29.1 Å². The van der Waals surface area contributed by atoms with Crippen molar-refractivity contribution in [3.05, 3.63) is 84.7 Å². The van der Waals surface area contributed by atoms with E-state index in [0.29, 0.717) is 28.7 Å². The van der Waals surface area contributed by atoms with Gasteiger partial charge in [0.25, 0.3) is 5.91 Å². The van der Waals surface area contributed by atoms with Gasteiger partial charge in [0.1, 0.15) is 6.54 Å². The van der Waals surface area contributed by atoms with Gasteiger partial charge in [0.15, 0.2) is 29.2 Å². The number of ether oxygens (including phenoxy) is 3. The molecule has 0 saturated heterocycles. The zero-order chi connectivity index (χ0) is 28.6. The summed E-state index contributed by atoms with van der Waals surface area (Å²) in [4.78, 5) is 32.8. The van der Waals surface area contributed by atoms with Gasteiger partial charge in [-0.15, -0.1) is 5.10 Å². The molecule has 0 spiro atoms. The summed E-state index contributed by atoms with van der Waals surface area (Å²) in [5, 5.41) is 7.50. The fourth-order valence-corrected chi connectivity index (χ4v) is 4.29. The van der Waals surface area contributed by atoms with Crippen LogP contribution in [0.5, 0.6) is 11.5 Å². The highest BCUT2D eigenvalue weighted by atomic mass is 16.5. The SMILES string of the molecule is COc1ccc(C(OC)C(=O)N(CC(=O)Nc2nn(-c3ccccn3)cc2-c2ccccc2)C(C)C)cc1OC. The third-order valence-electron chi connectivity index (χ3n) is 6.33. The van der Waals surface area contributed by atoms with Crippen molar-refractivity contribution in [2.24, 2.45) is 0 Å². The van der Waals surface area contributed by atoms with Crippen LogP contribution in [0.1, 0.15) is 25.5 Å². The van der Waals surface area contributed by atoms with Crippen LogP contribution < -0.4 is 14.8 Å². The van der Waals surface area contributed by atoms with E-state index in [2.05, 4.69) is 15.4 Å². The topological polar surface area (TPSA) is 108 Å². The first-order valence-corrected chi connectivity index (χ1v) is 12.8. The average molecular weight is 544 g/mol. The van der Waals surface area contributed by atoms with E-state index in [1.807, 2.05) is 68.6 Å². The van der Waals surface area contributed by atoms with Crippen molar-refractivity contribution in [3.63, 3.8) is 0 Å². The number of anilines is 1. The van der Waals surface area contributed by atoms with Gasteiger partial charge in [0, 0.05) is 31.1 Å². The molecule has 10 nitrogen and oxygen atoms in total. The van der Waals surface area contributed by atoms with Crippen LogP contribution in [-0.2, 0) is 14.3 Å². The van der Waals surface area contributed by atoms with Crippen molar-refractivity contribution >= 4 is 17.6 Å². The lowest BCUT2D eigenvalue weighted by Gasteiger charge is -2.30. The van der Waals surface area contributed by atoms with Crippen LogP contribution in [-0.4, -0.2) is 65.4 Å². The Morgan fingerprint density at radius 3 is 2.30 bits per heavy atom. The van der Waals surface area contributed by atoms with Gasteiger partial charge in [-0.05, 0) is 49.2 Å². The molecule has 1 N–H and O–H groups in total. The number of carbonyl (C=O) groups is 2. The van der Waals surface area contributed by atoms with Gasteiger partial charge in [0.05, 0.1) is 14.2 Å². The minimum absolute atomic E-state index is 0.200. The number of benzene rings is 2. The molecule has 0 radical (unpaired) electrons. The maximum Gasteiger partial charge on any atom is 0.257 e. The normalized spacial score (nSPS) is 11.7. The summed E-state index contributed by atoms with van der Waals surface area (Å²) < 4.78 is 17.9. The van der Waals surface area contributed by atoms with Crippen molar-refractivity contribution in [1.29, 1.82) is 0 Å². The number of nitrogens with one attached hydrogen (secondary N) is 1. The van der Waals surface area contributed by atoms with Crippen molar-refractivity contribution in [1.82, 2.24) is 19.7 Å². The molecule has 2 amide bonds. The van der Waals surface area contributed by atoms with Gasteiger partial charge in [-0.1, -0.05) is 42.5 Å². The molecule has 0 saturated carbocycles. The molecule has 1 unspecified atom stereocenters. The molecule has 10 heteroatoms. The van der Waals surface area contributed by atoms with E-state index in [4.69, 9.17) is 14.2 Å². The van der Waals surface area contributed by atoms with E-state index < -0.39 is 12.0 Å². The highest BCUT2D eigenvalue weighted by Gasteiger charge is 2.30. The van der Waals surface area contributed by atoms with Gasteiger partial charge < -0.3 is 24.4 Å². The molecule has 1 atom stereocenters. The molecule has 2 heterocycles. The second-order valence-corrected chi connectivity index (χ2v) is 9.23. The van der Waals surface area contributed by atoms with E-state index in [0.717, 1.165) is 11.1 Å². The Morgan fingerprint density at radius 2 is 1.68 bits per heavy atom. The van der Waals surface area contributed by atoms with Crippen LogP contribution in [0, 0.1) is 0 Å².